The third-order valence-electron chi connectivity index (χ3n) is 5.26. The van der Waals surface area contributed by atoms with Gasteiger partial charge in [-0.1, -0.05) is 42.5 Å². The lowest BCUT2D eigenvalue weighted by Gasteiger charge is -2.20. The van der Waals surface area contributed by atoms with Gasteiger partial charge in [0.1, 0.15) is 7.05 Å². The van der Waals surface area contributed by atoms with Gasteiger partial charge < -0.3 is 0 Å². The fourth-order valence-electron chi connectivity index (χ4n) is 4.04. The molecule has 25 heavy (non-hydrogen) atoms. The summed E-state index contributed by atoms with van der Waals surface area (Å²) in [5.41, 5.74) is 3.99. The monoisotopic (exact) mass is 344 g/mol. The quantitative estimate of drug-likeness (QED) is 0.393. The fourth-order valence-corrected chi connectivity index (χ4v) is 4.65. The third-order valence-corrected chi connectivity index (χ3v) is 6.10. The Bertz CT molecular complexity index is 1010. The summed E-state index contributed by atoms with van der Waals surface area (Å²) < 4.78 is 2.37. The Hall–Kier alpha value is -2.45. The van der Waals surface area contributed by atoms with Crippen LogP contribution in [0.2, 0.25) is 0 Å². The predicted octanol–water partition coefficient (Wildman–Crippen LogP) is 6.18. The van der Waals surface area contributed by atoms with Gasteiger partial charge in [0.2, 0.25) is 5.69 Å². The number of benzene rings is 2. The Morgan fingerprint density at radius 2 is 1.92 bits per heavy atom. The second-order valence-corrected chi connectivity index (χ2v) is 7.78. The molecule has 2 heterocycles. The molecular weight excluding hydrogens is 322 g/mol. The fraction of sp³-hybridized carbons (Fsp3) is 0.174. The van der Waals surface area contributed by atoms with Crippen LogP contribution in [0.1, 0.15) is 23.8 Å². The highest BCUT2D eigenvalue weighted by atomic mass is 32.1. The van der Waals surface area contributed by atoms with Crippen LogP contribution in [0.4, 0.5) is 5.69 Å². The number of thiophene rings is 1. The van der Waals surface area contributed by atoms with E-state index in [2.05, 4.69) is 91.2 Å². The summed E-state index contributed by atoms with van der Waals surface area (Å²) in [6.07, 6.45) is 7.47. The highest BCUT2D eigenvalue weighted by molar-refractivity contribution is 7.10. The van der Waals surface area contributed by atoms with Crippen molar-refractivity contribution in [1.82, 2.24) is 0 Å². The van der Waals surface area contributed by atoms with Crippen molar-refractivity contribution in [3.8, 4) is 0 Å². The summed E-state index contributed by atoms with van der Waals surface area (Å²) in [7, 11) is 2.19. The molecule has 1 aliphatic heterocycles. The molecule has 2 heteroatoms. The molecule has 0 amide bonds. The van der Waals surface area contributed by atoms with E-state index in [9.17, 15) is 0 Å². The van der Waals surface area contributed by atoms with Gasteiger partial charge in [-0.2, -0.15) is 4.58 Å². The molecule has 1 aromatic heterocycles. The Labute approximate surface area is 153 Å². The summed E-state index contributed by atoms with van der Waals surface area (Å²) in [6, 6.07) is 17.4. The molecule has 3 aromatic rings. The third kappa shape index (κ3) is 2.49. The Kier molecular flexibility index (Phi) is 3.93. The first-order valence-corrected chi connectivity index (χ1v) is 9.49. The minimum absolute atomic E-state index is 0.0520. The number of fused-ring (bicyclic) bond motifs is 3. The molecule has 2 aromatic carbocycles. The van der Waals surface area contributed by atoms with Gasteiger partial charge in [0.25, 0.3) is 0 Å². The molecule has 0 saturated carbocycles. The molecule has 0 spiro atoms. The summed E-state index contributed by atoms with van der Waals surface area (Å²) in [5.74, 6) is 0. The van der Waals surface area contributed by atoms with Crippen molar-refractivity contribution in [2.45, 2.75) is 18.8 Å². The molecule has 0 radical (unpaired) electrons. The van der Waals surface area contributed by atoms with E-state index in [1.54, 1.807) is 11.3 Å². The van der Waals surface area contributed by atoms with Crippen molar-refractivity contribution in [2.24, 2.45) is 0 Å². The molecule has 0 fully saturated rings. The minimum Gasteiger partial charge on any atom is -0.197 e. The van der Waals surface area contributed by atoms with Crippen molar-refractivity contribution >= 4 is 39.6 Å². The lowest BCUT2D eigenvalue weighted by molar-refractivity contribution is -0.399. The lowest BCUT2D eigenvalue weighted by Crippen LogP contribution is -2.29. The number of hydrogen-bond donors (Lipinski definition) is 0. The van der Waals surface area contributed by atoms with E-state index >= 15 is 0 Å². The van der Waals surface area contributed by atoms with Crippen molar-refractivity contribution in [3.05, 3.63) is 83.1 Å². The largest absolute Gasteiger partial charge is 0.217 e. The SMILES string of the molecule is C=CCC1(C)C(C=Cc2cccs2)=[N+](C)c2c1ccc1ccccc21. The highest BCUT2D eigenvalue weighted by Gasteiger charge is 2.46. The van der Waals surface area contributed by atoms with Crippen molar-refractivity contribution in [3.63, 3.8) is 0 Å². The molecular formula is C23H22NS+. The maximum absolute atomic E-state index is 4.02. The van der Waals surface area contributed by atoms with Crippen molar-refractivity contribution < 1.29 is 4.58 Å². The molecule has 1 nitrogen and oxygen atoms in total. The van der Waals surface area contributed by atoms with Gasteiger partial charge in [-0.25, -0.2) is 0 Å². The molecule has 1 unspecified atom stereocenters. The first kappa shape index (κ1) is 16.0. The minimum atomic E-state index is -0.0520. The van der Waals surface area contributed by atoms with E-state index in [0.717, 1.165) is 6.42 Å². The first-order chi connectivity index (χ1) is 12.1. The Morgan fingerprint density at radius 1 is 1.08 bits per heavy atom. The topological polar surface area (TPSA) is 3.01 Å². The van der Waals surface area contributed by atoms with Crippen LogP contribution in [0.25, 0.3) is 16.8 Å². The van der Waals surface area contributed by atoms with Crippen LogP contribution in [-0.2, 0) is 5.41 Å². The number of hydrogen-bond acceptors (Lipinski definition) is 1. The zero-order valence-corrected chi connectivity index (χ0v) is 15.5. The molecule has 4 rings (SSSR count). The van der Waals surface area contributed by atoms with Crippen LogP contribution in [0.15, 0.2) is 72.6 Å². The van der Waals surface area contributed by atoms with E-state index < -0.39 is 0 Å². The summed E-state index contributed by atoms with van der Waals surface area (Å²) in [4.78, 5) is 1.28. The van der Waals surface area contributed by atoms with Crippen LogP contribution in [0, 0.1) is 0 Å². The van der Waals surface area contributed by atoms with E-state index in [1.807, 2.05) is 6.08 Å². The summed E-state index contributed by atoms with van der Waals surface area (Å²) in [6.45, 7) is 6.35. The zero-order chi connectivity index (χ0) is 17.4. The van der Waals surface area contributed by atoms with Gasteiger partial charge in [-0.05, 0) is 42.3 Å². The molecule has 124 valence electrons. The number of rotatable bonds is 4. The van der Waals surface area contributed by atoms with E-state index in [-0.39, 0.29) is 5.41 Å². The average Bonchev–Trinajstić information content (AvgIpc) is 3.20. The molecule has 1 aliphatic rings. The van der Waals surface area contributed by atoms with Crippen LogP contribution in [-0.4, -0.2) is 17.3 Å². The maximum Gasteiger partial charge on any atom is 0.217 e. The predicted molar refractivity (Wildman–Crippen MR) is 110 cm³/mol. The summed E-state index contributed by atoms with van der Waals surface area (Å²) in [5, 5.41) is 4.73. The normalized spacial score (nSPS) is 19.8. The van der Waals surface area contributed by atoms with Crippen molar-refractivity contribution in [1.29, 1.82) is 0 Å². The first-order valence-electron chi connectivity index (χ1n) is 8.61. The van der Waals surface area contributed by atoms with Crippen LogP contribution >= 0.6 is 11.3 Å². The zero-order valence-electron chi connectivity index (χ0n) is 14.7. The molecule has 0 bridgehead atoms. The average molecular weight is 345 g/mol. The number of allylic oxidation sites excluding steroid dienone is 2. The van der Waals surface area contributed by atoms with Crippen LogP contribution < -0.4 is 0 Å². The van der Waals surface area contributed by atoms with Gasteiger partial charge in [0.05, 0.1) is 10.8 Å². The van der Waals surface area contributed by atoms with Crippen LogP contribution in [0.5, 0.6) is 0 Å². The number of nitrogens with zero attached hydrogens (tertiary/aromatic N) is 1. The maximum atomic E-state index is 4.02. The van der Waals surface area contributed by atoms with Gasteiger partial charge in [0, 0.05) is 16.5 Å². The summed E-state index contributed by atoms with van der Waals surface area (Å²) >= 11 is 1.77. The van der Waals surface area contributed by atoms with Gasteiger partial charge in [-0.15, -0.1) is 17.9 Å². The molecule has 0 saturated heterocycles. The smallest absolute Gasteiger partial charge is 0.197 e. The molecule has 0 N–H and O–H groups in total. The molecule has 1 atom stereocenters. The van der Waals surface area contributed by atoms with Crippen LogP contribution in [0.3, 0.4) is 0 Å². The lowest BCUT2D eigenvalue weighted by atomic mass is 9.76. The van der Waals surface area contributed by atoms with E-state index in [1.165, 1.54) is 32.6 Å². The van der Waals surface area contributed by atoms with E-state index in [4.69, 9.17) is 0 Å². The standard InChI is InChI=1S/C23H22NS/c1-4-15-23(2)20-13-11-17-8-5-6-10-19(17)22(20)24(3)21(23)14-12-18-9-7-16-25-18/h4-14,16H,1,15H2,2-3H3/q+1. The van der Waals surface area contributed by atoms with E-state index in [0.29, 0.717) is 0 Å². The van der Waals surface area contributed by atoms with Crippen molar-refractivity contribution in [2.75, 3.05) is 7.05 Å². The molecule has 0 aliphatic carbocycles. The Balaban J connectivity index is 1.95. The van der Waals surface area contributed by atoms with Gasteiger partial charge in [-0.3, -0.25) is 0 Å². The van der Waals surface area contributed by atoms with Gasteiger partial charge >= 0.3 is 0 Å². The second kappa shape index (κ2) is 6.12. The Morgan fingerprint density at radius 3 is 2.68 bits per heavy atom. The van der Waals surface area contributed by atoms with Gasteiger partial charge in [0.15, 0.2) is 5.71 Å². The second-order valence-electron chi connectivity index (χ2n) is 6.80. The highest BCUT2D eigenvalue weighted by Crippen LogP contribution is 2.45.